The van der Waals surface area contributed by atoms with Gasteiger partial charge in [0.2, 0.25) is 0 Å². The number of benzene rings is 2. The third-order valence-corrected chi connectivity index (χ3v) is 4.56. The Morgan fingerprint density at radius 1 is 0.720 bits per heavy atom. The van der Waals surface area contributed by atoms with Gasteiger partial charge in [-0.25, -0.2) is 0 Å². The molecule has 0 N–H and O–H groups in total. The molecule has 0 saturated carbocycles. The van der Waals surface area contributed by atoms with Crippen LogP contribution in [0.4, 0.5) is 0 Å². The van der Waals surface area contributed by atoms with Gasteiger partial charge in [-0.1, -0.05) is 12.1 Å². The molecule has 0 aliphatic rings. The van der Waals surface area contributed by atoms with Crippen molar-refractivity contribution in [1.29, 1.82) is 0 Å². The molecule has 0 amide bonds. The fourth-order valence-electron chi connectivity index (χ4n) is 2.62. The molecular formula is C19H19NO4S. The smallest absolute Gasteiger partial charge is 0.164 e. The molecule has 1 heterocycles. The Kier molecular flexibility index (Phi) is 5.09. The van der Waals surface area contributed by atoms with Crippen molar-refractivity contribution < 1.29 is 18.9 Å². The van der Waals surface area contributed by atoms with Crippen LogP contribution in [0.3, 0.4) is 0 Å². The Bertz CT molecular complexity index is 858. The first-order valence-corrected chi connectivity index (χ1v) is 8.44. The molecular weight excluding hydrogens is 338 g/mol. The van der Waals surface area contributed by atoms with Gasteiger partial charge in [-0.05, 0) is 35.3 Å². The van der Waals surface area contributed by atoms with Crippen LogP contribution in [0.25, 0.3) is 22.4 Å². The van der Waals surface area contributed by atoms with E-state index in [9.17, 15) is 0 Å². The van der Waals surface area contributed by atoms with E-state index in [2.05, 4.69) is 4.37 Å². The maximum atomic E-state index is 5.55. The molecule has 6 heteroatoms. The number of methoxy groups -OCH3 is 4. The molecule has 0 spiro atoms. The summed E-state index contributed by atoms with van der Waals surface area (Å²) < 4.78 is 26.1. The second-order valence-corrected chi connectivity index (χ2v) is 5.84. The summed E-state index contributed by atoms with van der Waals surface area (Å²) in [5.41, 5.74) is 3.78. The average molecular weight is 357 g/mol. The Labute approximate surface area is 150 Å². The minimum atomic E-state index is 0.615. The Balaban J connectivity index is 2.13. The molecule has 0 aliphatic carbocycles. The predicted molar refractivity (Wildman–Crippen MR) is 99.2 cm³/mol. The van der Waals surface area contributed by atoms with Gasteiger partial charge in [0.05, 0.1) is 34.1 Å². The second-order valence-electron chi connectivity index (χ2n) is 5.21. The summed E-state index contributed by atoms with van der Waals surface area (Å²) in [6, 6.07) is 11.6. The van der Waals surface area contributed by atoms with Crippen LogP contribution in [0.5, 0.6) is 23.0 Å². The summed E-state index contributed by atoms with van der Waals surface area (Å²) in [6.07, 6.45) is 0. The molecule has 5 nitrogen and oxygen atoms in total. The fourth-order valence-corrected chi connectivity index (χ4v) is 3.33. The molecule has 1 aromatic heterocycles. The SMILES string of the molecule is COc1ccc(-c2csnc2-c2cc(OC)c(OC)cc2OC)cc1. The lowest BCUT2D eigenvalue weighted by molar-refractivity contribution is 0.349. The highest BCUT2D eigenvalue weighted by atomic mass is 32.1. The van der Waals surface area contributed by atoms with Crippen molar-refractivity contribution >= 4 is 11.5 Å². The topological polar surface area (TPSA) is 49.8 Å². The largest absolute Gasteiger partial charge is 0.497 e. The standard InChI is InChI=1S/C19H19NO4S/c1-21-13-7-5-12(6-8-13)15-11-25-20-19(15)14-9-17(23-3)18(24-4)10-16(14)22-2/h5-11H,1-4H3. The van der Waals surface area contributed by atoms with E-state index < -0.39 is 0 Å². The van der Waals surface area contributed by atoms with E-state index in [1.807, 2.05) is 41.8 Å². The van der Waals surface area contributed by atoms with Crippen LogP contribution < -0.4 is 18.9 Å². The van der Waals surface area contributed by atoms with Gasteiger partial charge in [0.25, 0.3) is 0 Å². The number of hydrogen-bond acceptors (Lipinski definition) is 6. The van der Waals surface area contributed by atoms with E-state index in [0.29, 0.717) is 17.2 Å². The molecule has 0 radical (unpaired) electrons. The minimum Gasteiger partial charge on any atom is -0.497 e. The van der Waals surface area contributed by atoms with E-state index >= 15 is 0 Å². The molecule has 0 fully saturated rings. The maximum Gasteiger partial charge on any atom is 0.164 e. The lowest BCUT2D eigenvalue weighted by Gasteiger charge is -2.14. The van der Waals surface area contributed by atoms with Crippen LogP contribution in [0.15, 0.2) is 41.8 Å². The first-order valence-electron chi connectivity index (χ1n) is 7.61. The molecule has 0 unspecified atom stereocenters. The normalized spacial score (nSPS) is 10.4. The highest BCUT2D eigenvalue weighted by Gasteiger charge is 2.19. The van der Waals surface area contributed by atoms with Crippen LogP contribution in [-0.2, 0) is 0 Å². The van der Waals surface area contributed by atoms with Crippen LogP contribution >= 0.6 is 11.5 Å². The van der Waals surface area contributed by atoms with Crippen molar-refractivity contribution in [3.8, 4) is 45.4 Å². The zero-order valence-electron chi connectivity index (χ0n) is 14.5. The number of ether oxygens (including phenoxy) is 4. The predicted octanol–water partition coefficient (Wildman–Crippen LogP) is 4.51. The lowest BCUT2D eigenvalue weighted by Crippen LogP contribution is -1.95. The van der Waals surface area contributed by atoms with Crippen molar-refractivity contribution in [2.45, 2.75) is 0 Å². The summed E-state index contributed by atoms with van der Waals surface area (Å²) in [5.74, 6) is 2.74. The molecule has 3 aromatic rings. The molecule has 2 aromatic carbocycles. The summed E-state index contributed by atoms with van der Waals surface area (Å²) in [6.45, 7) is 0. The second kappa shape index (κ2) is 7.44. The average Bonchev–Trinajstić information content (AvgIpc) is 3.16. The van der Waals surface area contributed by atoms with Gasteiger partial charge in [0, 0.05) is 22.6 Å². The van der Waals surface area contributed by atoms with Gasteiger partial charge in [-0.15, -0.1) is 0 Å². The van der Waals surface area contributed by atoms with Crippen molar-refractivity contribution in [3.63, 3.8) is 0 Å². The van der Waals surface area contributed by atoms with Crippen LogP contribution in [-0.4, -0.2) is 32.8 Å². The third-order valence-electron chi connectivity index (χ3n) is 3.93. The Morgan fingerprint density at radius 3 is 1.96 bits per heavy atom. The summed E-state index contributed by atoms with van der Waals surface area (Å²) >= 11 is 1.40. The zero-order chi connectivity index (χ0) is 17.8. The first-order chi connectivity index (χ1) is 12.2. The lowest BCUT2D eigenvalue weighted by atomic mass is 10.0. The number of nitrogens with zero attached hydrogens (tertiary/aromatic N) is 1. The minimum absolute atomic E-state index is 0.615. The van der Waals surface area contributed by atoms with Gasteiger partial charge >= 0.3 is 0 Å². The van der Waals surface area contributed by atoms with Gasteiger partial charge in [-0.3, -0.25) is 0 Å². The number of aromatic nitrogens is 1. The summed E-state index contributed by atoms with van der Waals surface area (Å²) in [5, 5.41) is 2.02. The van der Waals surface area contributed by atoms with E-state index in [4.69, 9.17) is 18.9 Å². The number of hydrogen-bond donors (Lipinski definition) is 0. The Hall–Kier alpha value is -2.73. The zero-order valence-corrected chi connectivity index (χ0v) is 15.3. The van der Waals surface area contributed by atoms with Gasteiger partial charge < -0.3 is 18.9 Å². The molecule has 0 atom stereocenters. The molecule has 130 valence electrons. The van der Waals surface area contributed by atoms with Crippen molar-refractivity contribution in [1.82, 2.24) is 4.37 Å². The molecule has 0 bridgehead atoms. The fraction of sp³-hybridized carbons (Fsp3) is 0.211. The number of rotatable bonds is 6. The highest BCUT2D eigenvalue weighted by molar-refractivity contribution is 7.04. The molecule has 3 rings (SSSR count). The van der Waals surface area contributed by atoms with Crippen LogP contribution in [0, 0.1) is 0 Å². The maximum absolute atomic E-state index is 5.55. The molecule has 25 heavy (non-hydrogen) atoms. The molecule has 0 aliphatic heterocycles. The third kappa shape index (κ3) is 3.25. The van der Waals surface area contributed by atoms with E-state index in [0.717, 1.165) is 28.1 Å². The van der Waals surface area contributed by atoms with Crippen LogP contribution in [0.2, 0.25) is 0 Å². The highest BCUT2D eigenvalue weighted by Crippen LogP contribution is 2.43. The van der Waals surface area contributed by atoms with Crippen LogP contribution in [0.1, 0.15) is 0 Å². The Morgan fingerprint density at radius 2 is 1.36 bits per heavy atom. The van der Waals surface area contributed by atoms with Crippen molar-refractivity contribution in [2.24, 2.45) is 0 Å². The van der Waals surface area contributed by atoms with Crippen molar-refractivity contribution in [2.75, 3.05) is 28.4 Å². The first kappa shape index (κ1) is 17.1. The van der Waals surface area contributed by atoms with Gasteiger partial charge in [-0.2, -0.15) is 4.37 Å². The van der Waals surface area contributed by atoms with E-state index in [-0.39, 0.29) is 0 Å². The molecule has 0 saturated heterocycles. The van der Waals surface area contributed by atoms with E-state index in [1.165, 1.54) is 11.5 Å². The monoisotopic (exact) mass is 357 g/mol. The van der Waals surface area contributed by atoms with Gasteiger partial charge in [0.1, 0.15) is 11.5 Å². The quantitative estimate of drug-likeness (QED) is 0.649. The van der Waals surface area contributed by atoms with E-state index in [1.54, 1.807) is 28.4 Å². The van der Waals surface area contributed by atoms with Crippen molar-refractivity contribution in [3.05, 3.63) is 41.8 Å². The summed E-state index contributed by atoms with van der Waals surface area (Å²) in [4.78, 5) is 0. The van der Waals surface area contributed by atoms with Gasteiger partial charge in [0.15, 0.2) is 11.5 Å². The summed E-state index contributed by atoms with van der Waals surface area (Å²) in [7, 11) is 6.49.